The van der Waals surface area contributed by atoms with E-state index in [4.69, 9.17) is 26.2 Å². The summed E-state index contributed by atoms with van der Waals surface area (Å²) in [6.07, 6.45) is 0. The van der Waals surface area contributed by atoms with E-state index in [-0.39, 0.29) is 5.37 Å². The molecule has 2 atom stereocenters. The number of aryl methyl sites for hydroxylation is 2. The molecular formula is C20H22ClNO4S. The molecule has 0 spiro atoms. The Morgan fingerprint density at radius 3 is 2.59 bits per heavy atom. The minimum absolute atomic E-state index is 0.0595. The quantitative estimate of drug-likeness (QED) is 0.742. The third-order valence-corrected chi connectivity index (χ3v) is 6.36. The fourth-order valence-corrected chi connectivity index (χ4v) is 4.36. The maximum absolute atomic E-state index is 11.2. The van der Waals surface area contributed by atoms with Crippen molar-refractivity contribution < 1.29 is 19.4 Å². The summed E-state index contributed by atoms with van der Waals surface area (Å²) in [5.41, 5.74) is 3.85. The van der Waals surface area contributed by atoms with Gasteiger partial charge in [-0.25, -0.2) is 0 Å². The summed E-state index contributed by atoms with van der Waals surface area (Å²) < 4.78 is 11.4. The van der Waals surface area contributed by atoms with Crippen LogP contribution in [0.15, 0.2) is 30.3 Å². The number of hydrogen-bond donors (Lipinski definition) is 2. The first-order chi connectivity index (χ1) is 12.9. The van der Waals surface area contributed by atoms with Crippen molar-refractivity contribution in [2.45, 2.75) is 31.9 Å². The van der Waals surface area contributed by atoms with Crippen LogP contribution >= 0.6 is 23.4 Å². The van der Waals surface area contributed by atoms with Crippen LogP contribution in [0, 0.1) is 13.8 Å². The van der Waals surface area contributed by atoms with Crippen molar-refractivity contribution in [2.24, 2.45) is 0 Å². The molecule has 144 valence electrons. The van der Waals surface area contributed by atoms with Crippen LogP contribution in [0.25, 0.3) is 0 Å². The third-order valence-electron chi connectivity index (χ3n) is 4.49. The first kappa shape index (κ1) is 19.9. The van der Waals surface area contributed by atoms with Gasteiger partial charge in [-0.15, -0.1) is 11.8 Å². The van der Waals surface area contributed by atoms with Crippen LogP contribution in [0.2, 0.25) is 5.02 Å². The summed E-state index contributed by atoms with van der Waals surface area (Å²) >= 11 is 7.80. The van der Waals surface area contributed by atoms with Crippen molar-refractivity contribution >= 4 is 29.3 Å². The molecule has 1 heterocycles. The molecule has 2 aromatic carbocycles. The molecule has 1 fully saturated rings. The van der Waals surface area contributed by atoms with Crippen LogP contribution in [-0.4, -0.2) is 30.0 Å². The molecule has 0 aromatic heterocycles. The van der Waals surface area contributed by atoms with E-state index >= 15 is 0 Å². The number of halogens is 1. The lowest BCUT2D eigenvalue weighted by molar-refractivity contribution is -0.138. The van der Waals surface area contributed by atoms with E-state index in [9.17, 15) is 4.79 Å². The maximum Gasteiger partial charge on any atom is 0.321 e. The van der Waals surface area contributed by atoms with E-state index in [0.717, 1.165) is 38.8 Å². The van der Waals surface area contributed by atoms with Crippen molar-refractivity contribution in [3.63, 3.8) is 0 Å². The molecule has 0 aliphatic carbocycles. The van der Waals surface area contributed by atoms with Gasteiger partial charge in [0.1, 0.15) is 24.1 Å². The zero-order valence-electron chi connectivity index (χ0n) is 15.4. The van der Waals surface area contributed by atoms with Crippen LogP contribution < -0.4 is 14.8 Å². The highest BCUT2D eigenvalue weighted by Gasteiger charge is 2.30. The molecule has 0 bridgehead atoms. The van der Waals surface area contributed by atoms with Crippen LogP contribution in [0.1, 0.15) is 27.6 Å². The molecule has 1 aliphatic heterocycles. The number of ether oxygens (including phenoxy) is 2. The Kier molecular flexibility index (Phi) is 6.19. The Morgan fingerprint density at radius 2 is 2.00 bits per heavy atom. The monoisotopic (exact) mass is 407 g/mol. The zero-order chi connectivity index (χ0) is 19.6. The number of carboxylic acid groups (broad SMARTS) is 1. The van der Waals surface area contributed by atoms with Crippen LogP contribution in [0.4, 0.5) is 0 Å². The molecule has 2 N–H and O–H groups in total. The highest BCUT2D eigenvalue weighted by atomic mass is 35.5. The SMILES string of the molecule is COc1ccc(C2NC(C(=O)O)CS2)cc1COc1cc(C)c(Cl)c(C)c1. The highest BCUT2D eigenvalue weighted by molar-refractivity contribution is 7.99. The number of carboxylic acids is 1. The second kappa shape index (κ2) is 8.42. The fraction of sp³-hybridized carbons (Fsp3) is 0.350. The molecule has 0 radical (unpaired) electrons. The standard InChI is InChI=1S/C20H22ClNO4S/c1-11-6-15(7-12(2)18(11)21)26-9-14-8-13(4-5-17(14)25-3)19-22-16(10-27-19)20(23)24/h4-8,16,19,22H,9-10H2,1-3H3,(H,23,24). The van der Waals surface area contributed by atoms with Crippen LogP contribution in [0.3, 0.4) is 0 Å². The predicted molar refractivity (Wildman–Crippen MR) is 108 cm³/mol. The second-order valence-corrected chi connectivity index (χ2v) is 8.02. The third kappa shape index (κ3) is 4.51. The molecule has 5 nitrogen and oxygen atoms in total. The minimum Gasteiger partial charge on any atom is -0.496 e. The van der Waals surface area contributed by atoms with Crippen molar-refractivity contribution in [1.82, 2.24) is 5.32 Å². The Balaban J connectivity index is 1.77. The lowest BCUT2D eigenvalue weighted by Gasteiger charge is -2.16. The number of aliphatic carboxylic acids is 1. The lowest BCUT2D eigenvalue weighted by atomic mass is 10.1. The number of methoxy groups -OCH3 is 1. The van der Waals surface area contributed by atoms with Gasteiger partial charge in [-0.3, -0.25) is 10.1 Å². The first-order valence-corrected chi connectivity index (χ1v) is 9.98. The van der Waals surface area contributed by atoms with E-state index in [0.29, 0.717) is 12.4 Å². The van der Waals surface area contributed by atoms with E-state index in [1.807, 2.05) is 44.2 Å². The van der Waals surface area contributed by atoms with Gasteiger partial charge in [0.25, 0.3) is 0 Å². The normalized spacial score (nSPS) is 19.1. The van der Waals surface area contributed by atoms with Crippen molar-refractivity contribution in [1.29, 1.82) is 0 Å². The minimum atomic E-state index is -0.824. The summed E-state index contributed by atoms with van der Waals surface area (Å²) in [7, 11) is 1.62. The molecule has 2 unspecified atom stereocenters. The number of hydrogen-bond acceptors (Lipinski definition) is 5. The average Bonchev–Trinajstić information content (AvgIpc) is 3.14. The molecule has 7 heteroatoms. The topological polar surface area (TPSA) is 67.8 Å². The average molecular weight is 408 g/mol. The van der Waals surface area contributed by atoms with E-state index in [1.54, 1.807) is 18.9 Å². The molecule has 1 aliphatic rings. The van der Waals surface area contributed by atoms with Crippen molar-refractivity contribution in [2.75, 3.05) is 12.9 Å². The molecule has 2 aromatic rings. The van der Waals surface area contributed by atoms with Crippen LogP contribution in [-0.2, 0) is 11.4 Å². The smallest absolute Gasteiger partial charge is 0.321 e. The Labute approximate surface area is 168 Å². The highest BCUT2D eigenvalue weighted by Crippen LogP contribution is 2.35. The number of rotatable bonds is 6. The van der Waals surface area contributed by atoms with Gasteiger partial charge in [0.15, 0.2) is 0 Å². The van der Waals surface area contributed by atoms with Gasteiger partial charge in [0.05, 0.1) is 12.5 Å². The largest absolute Gasteiger partial charge is 0.496 e. The van der Waals surface area contributed by atoms with Crippen LogP contribution in [0.5, 0.6) is 11.5 Å². The van der Waals surface area contributed by atoms with E-state index < -0.39 is 12.0 Å². The molecule has 0 amide bonds. The molecule has 0 saturated carbocycles. The van der Waals surface area contributed by atoms with Gasteiger partial charge in [-0.05, 0) is 54.8 Å². The lowest BCUT2D eigenvalue weighted by Crippen LogP contribution is -2.33. The summed E-state index contributed by atoms with van der Waals surface area (Å²) in [5.74, 6) is 1.21. The van der Waals surface area contributed by atoms with Gasteiger partial charge >= 0.3 is 5.97 Å². The van der Waals surface area contributed by atoms with E-state index in [1.165, 1.54) is 0 Å². The van der Waals surface area contributed by atoms with Crippen molar-refractivity contribution in [3.8, 4) is 11.5 Å². The Morgan fingerprint density at radius 1 is 1.30 bits per heavy atom. The molecule has 1 saturated heterocycles. The van der Waals surface area contributed by atoms with Gasteiger partial charge in [-0.1, -0.05) is 17.7 Å². The first-order valence-electron chi connectivity index (χ1n) is 8.56. The second-order valence-electron chi connectivity index (χ2n) is 6.50. The van der Waals surface area contributed by atoms with Gasteiger partial charge in [-0.2, -0.15) is 0 Å². The summed E-state index contributed by atoms with van der Waals surface area (Å²) in [5, 5.41) is 13.0. The van der Waals surface area contributed by atoms with Gasteiger partial charge in [0.2, 0.25) is 0 Å². The molecule has 27 heavy (non-hydrogen) atoms. The Hall–Kier alpha value is -1.89. The molecule has 3 rings (SSSR count). The predicted octanol–water partition coefficient (Wildman–Crippen LogP) is 4.33. The Bertz CT molecular complexity index is 835. The number of benzene rings is 2. The fourth-order valence-electron chi connectivity index (χ4n) is 3.03. The van der Waals surface area contributed by atoms with Gasteiger partial charge in [0, 0.05) is 16.3 Å². The zero-order valence-corrected chi connectivity index (χ0v) is 17.0. The molecular weight excluding hydrogens is 386 g/mol. The van der Waals surface area contributed by atoms with Crippen molar-refractivity contribution in [3.05, 3.63) is 57.6 Å². The number of nitrogens with one attached hydrogen (secondary N) is 1. The summed E-state index contributed by atoms with van der Waals surface area (Å²) in [6.45, 7) is 4.24. The van der Waals surface area contributed by atoms with Gasteiger partial charge < -0.3 is 14.6 Å². The number of carbonyl (C=O) groups is 1. The number of thioether (sulfide) groups is 1. The maximum atomic E-state index is 11.2. The van der Waals surface area contributed by atoms with E-state index in [2.05, 4.69) is 5.32 Å². The summed E-state index contributed by atoms with van der Waals surface area (Å²) in [4.78, 5) is 11.2. The summed E-state index contributed by atoms with van der Waals surface area (Å²) in [6, 6.07) is 9.15.